The third-order valence-corrected chi connectivity index (χ3v) is 13.5. The molecule has 2 saturated carbocycles. The summed E-state index contributed by atoms with van der Waals surface area (Å²) in [7, 11) is -2.44. The third-order valence-electron chi connectivity index (χ3n) is 11.3. The maximum absolute atomic E-state index is 14.4. The Labute approximate surface area is 287 Å². The molecular formula is C36H47FN4O7S. The molecule has 0 bridgehead atoms. The molecule has 0 spiro atoms. The minimum absolute atomic E-state index is 0.0364. The van der Waals surface area contributed by atoms with Gasteiger partial charge in [-0.1, -0.05) is 32.4 Å². The van der Waals surface area contributed by atoms with Crippen molar-refractivity contribution in [3.05, 3.63) is 42.4 Å². The summed E-state index contributed by atoms with van der Waals surface area (Å²) in [6.45, 7) is 5.78. The second-order valence-corrected chi connectivity index (χ2v) is 17.0. The number of fused-ring (bicyclic) bond motifs is 3. The lowest BCUT2D eigenvalue weighted by Gasteiger charge is -2.31. The zero-order chi connectivity index (χ0) is 35.3. The monoisotopic (exact) mass is 698 g/mol. The van der Waals surface area contributed by atoms with Crippen molar-refractivity contribution in [2.45, 2.75) is 101 Å². The van der Waals surface area contributed by atoms with Crippen LogP contribution < -0.4 is 19.9 Å². The Kier molecular flexibility index (Phi) is 9.55. The molecule has 1 saturated heterocycles. The fourth-order valence-electron chi connectivity index (χ4n) is 7.60. The first-order chi connectivity index (χ1) is 23.2. The molecule has 2 aromatic rings. The highest BCUT2D eigenvalue weighted by Gasteiger charge is 2.62. The van der Waals surface area contributed by atoms with E-state index in [1.165, 1.54) is 30.3 Å². The van der Waals surface area contributed by atoms with Gasteiger partial charge in [0, 0.05) is 18.2 Å². The Morgan fingerprint density at radius 3 is 2.65 bits per heavy atom. The number of Topliss-reactive ketones (excluding diaryl/α,β-unsaturated/α-hetero) is 1. The Morgan fingerprint density at radius 1 is 1.20 bits per heavy atom. The molecule has 1 aromatic carbocycles. The minimum Gasteiger partial charge on any atom is -0.494 e. The molecule has 13 heteroatoms. The van der Waals surface area contributed by atoms with Crippen LogP contribution in [0.25, 0.3) is 10.8 Å². The smallest absolute Gasteiger partial charge is 0.240 e. The molecule has 6 rings (SSSR count). The van der Waals surface area contributed by atoms with Gasteiger partial charge in [0.15, 0.2) is 5.78 Å². The lowest BCUT2D eigenvalue weighted by molar-refractivity contribution is -0.141. The van der Waals surface area contributed by atoms with Crippen LogP contribution in [0.3, 0.4) is 0 Å². The van der Waals surface area contributed by atoms with E-state index in [9.17, 15) is 27.2 Å². The van der Waals surface area contributed by atoms with E-state index in [0.717, 1.165) is 19.3 Å². The standard InChI is InChI=1S/C36H47FN4O7S/c1-5-22-14-21(2)8-6-7-9-23-17-36(23,34(44)40-49(45,46)35(3)12-13-35)18-29(42)28-16-25(20-41(28)33(43)31(22)38)48-32-27-15-24(37)10-11-26(27)30(47-4)19-39-32/h7,9-11,15,19,21-23,25,28,31H,5-6,8,12-14,16-18,20,38H2,1-4H3,(H,40,44)/b9-7-/t21-,22-,23-,25-,28+,31+,36-/m1/s1. The second-order valence-electron chi connectivity index (χ2n) is 14.8. The molecule has 2 aliphatic carbocycles. The molecule has 11 nitrogen and oxygen atoms in total. The summed E-state index contributed by atoms with van der Waals surface area (Å²) in [5.41, 5.74) is 5.42. The van der Waals surface area contributed by atoms with Gasteiger partial charge >= 0.3 is 0 Å². The van der Waals surface area contributed by atoms with Crippen molar-refractivity contribution in [2.24, 2.45) is 28.9 Å². The summed E-state index contributed by atoms with van der Waals surface area (Å²) < 4.78 is 53.6. The van der Waals surface area contributed by atoms with Crippen LogP contribution in [0.2, 0.25) is 0 Å². The molecule has 3 heterocycles. The van der Waals surface area contributed by atoms with Crippen molar-refractivity contribution in [1.82, 2.24) is 14.6 Å². The highest BCUT2D eigenvalue weighted by Crippen LogP contribution is 2.57. The van der Waals surface area contributed by atoms with Crippen LogP contribution in [-0.4, -0.2) is 72.5 Å². The number of carbonyl (C=O) groups is 3. The van der Waals surface area contributed by atoms with Crippen molar-refractivity contribution in [3.63, 3.8) is 0 Å². The number of carbonyl (C=O) groups excluding carboxylic acids is 3. The molecule has 1 aromatic heterocycles. The molecule has 3 N–H and O–H groups in total. The van der Waals surface area contributed by atoms with Crippen LogP contribution in [0.5, 0.6) is 11.6 Å². The number of halogens is 1. The summed E-state index contributed by atoms with van der Waals surface area (Å²) in [6, 6.07) is 2.37. The first-order valence-electron chi connectivity index (χ1n) is 17.3. The van der Waals surface area contributed by atoms with Gasteiger partial charge in [-0.25, -0.2) is 17.8 Å². The molecule has 3 fully saturated rings. The number of methoxy groups -OCH3 is 1. The molecule has 2 aliphatic heterocycles. The fourth-order valence-corrected chi connectivity index (χ4v) is 8.93. The summed E-state index contributed by atoms with van der Waals surface area (Å²) in [5, 5.41) is 0.971. The van der Waals surface area contributed by atoms with Crippen molar-refractivity contribution in [2.75, 3.05) is 13.7 Å². The van der Waals surface area contributed by atoms with E-state index in [2.05, 4.69) is 16.6 Å². The van der Waals surface area contributed by atoms with Crippen molar-refractivity contribution in [1.29, 1.82) is 0 Å². The van der Waals surface area contributed by atoms with Gasteiger partial charge in [0.1, 0.15) is 17.7 Å². The quantitative estimate of drug-likeness (QED) is 0.400. The average molecular weight is 699 g/mol. The van der Waals surface area contributed by atoms with Gasteiger partial charge < -0.3 is 20.1 Å². The molecule has 266 valence electrons. The highest BCUT2D eigenvalue weighted by atomic mass is 32.2. The number of hydrogen-bond acceptors (Lipinski definition) is 9. The van der Waals surface area contributed by atoms with Gasteiger partial charge in [0.25, 0.3) is 0 Å². The first kappa shape index (κ1) is 35.3. The first-order valence-corrected chi connectivity index (χ1v) is 18.8. The molecule has 49 heavy (non-hydrogen) atoms. The predicted molar refractivity (Wildman–Crippen MR) is 182 cm³/mol. The number of hydrogen-bond donors (Lipinski definition) is 2. The Balaban J connectivity index is 1.32. The number of amides is 2. The van der Waals surface area contributed by atoms with Crippen LogP contribution in [-0.2, 0) is 24.4 Å². The third kappa shape index (κ3) is 6.80. The number of sulfonamides is 1. The molecule has 7 atom stereocenters. The molecule has 2 amide bonds. The number of nitrogens with zero attached hydrogens (tertiary/aromatic N) is 2. The second kappa shape index (κ2) is 13.3. The number of ketones is 1. The summed E-state index contributed by atoms with van der Waals surface area (Å²) in [5.74, 6) is -1.47. The van der Waals surface area contributed by atoms with Gasteiger partial charge in [-0.2, -0.15) is 0 Å². The van der Waals surface area contributed by atoms with E-state index in [1.807, 2.05) is 19.1 Å². The number of rotatable bonds is 7. The molecule has 0 unspecified atom stereocenters. The largest absolute Gasteiger partial charge is 0.494 e. The number of pyridine rings is 1. The molecule has 0 radical (unpaired) electrons. The number of aromatic nitrogens is 1. The van der Waals surface area contributed by atoms with Gasteiger partial charge in [-0.3, -0.25) is 19.1 Å². The maximum Gasteiger partial charge on any atom is 0.240 e. The Hall–Kier alpha value is -3.58. The van der Waals surface area contributed by atoms with E-state index in [1.54, 1.807) is 13.0 Å². The van der Waals surface area contributed by atoms with Crippen LogP contribution >= 0.6 is 0 Å². The topological polar surface area (TPSA) is 158 Å². The van der Waals surface area contributed by atoms with Gasteiger partial charge in [0.05, 0.1) is 47.5 Å². The van der Waals surface area contributed by atoms with E-state index < -0.39 is 50.1 Å². The van der Waals surface area contributed by atoms with Crippen LogP contribution in [0.4, 0.5) is 4.39 Å². The van der Waals surface area contributed by atoms with Crippen molar-refractivity contribution in [3.8, 4) is 11.6 Å². The Morgan fingerprint density at radius 2 is 1.96 bits per heavy atom. The van der Waals surface area contributed by atoms with Crippen molar-refractivity contribution >= 4 is 38.4 Å². The zero-order valence-corrected chi connectivity index (χ0v) is 29.4. The van der Waals surface area contributed by atoms with Gasteiger partial charge in [0.2, 0.25) is 27.7 Å². The Bertz CT molecular complexity index is 1780. The lowest BCUT2D eigenvalue weighted by Crippen LogP contribution is -2.52. The summed E-state index contributed by atoms with van der Waals surface area (Å²) in [4.78, 5) is 48.1. The van der Waals surface area contributed by atoms with E-state index in [-0.39, 0.29) is 54.7 Å². The van der Waals surface area contributed by atoms with Crippen LogP contribution in [0, 0.1) is 29.0 Å². The SMILES string of the molecule is CC[C@@H]1C[C@H](C)CC/C=C\[C@@H]2C[C@@]2(C(=O)NS(=O)(=O)C2(C)CC2)CC(=O)[C@@H]2C[C@@H](Oc3ncc(OC)c4ccc(F)cc34)CN2C(=O)[C@H]1N. The number of ether oxygens (including phenoxy) is 2. The maximum atomic E-state index is 14.4. The summed E-state index contributed by atoms with van der Waals surface area (Å²) in [6.07, 6.45) is 8.91. The zero-order valence-electron chi connectivity index (χ0n) is 28.6. The molecule has 4 aliphatic rings. The lowest BCUT2D eigenvalue weighted by atomic mass is 9.85. The number of nitrogens with two attached hydrogens (primary N) is 1. The van der Waals surface area contributed by atoms with Crippen molar-refractivity contribution < 1.29 is 36.7 Å². The van der Waals surface area contributed by atoms with Gasteiger partial charge in [-0.15, -0.1) is 0 Å². The highest BCUT2D eigenvalue weighted by molar-refractivity contribution is 7.91. The number of allylic oxidation sites excluding steroid dienone is 2. The van der Waals surface area contributed by atoms with E-state index >= 15 is 0 Å². The summed E-state index contributed by atoms with van der Waals surface area (Å²) >= 11 is 0. The number of nitrogens with one attached hydrogen (secondary N) is 1. The van der Waals surface area contributed by atoms with Crippen LogP contribution in [0.1, 0.15) is 78.6 Å². The van der Waals surface area contributed by atoms with Crippen LogP contribution in [0.15, 0.2) is 36.5 Å². The minimum atomic E-state index is -3.93. The van der Waals surface area contributed by atoms with Gasteiger partial charge in [-0.05, 0) is 81.4 Å². The fraction of sp³-hybridized carbons (Fsp3) is 0.611. The molecular weight excluding hydrogens is 651 g/mol. The average Bonchev–Trinajstić information content (AvgIpc) is 3.95. The number of benzene rings is 1. The predicted octanol–water partition coefficient (Wildman–Crippen LogP) is 4.42. The van der Waals surface area contributed by atoms with E-state index in [4.69, 9.17) is 15.2 Å². The normalized spacial score (nSPS) is 32.3. The van der Waals surface area contributed by atoms with E-state index in [0.29, 0.717) is 42.2 Å².